The second kappa shape index (κ2) is 3.67. The van der Waals surface area contributed by atoms with E-state index in [1.807, 2.05) is 0 Å². The van der Waals surface area contributed by atoms with E-state index in [4.69, 9.17) is 7.85 Å². The summed E-state index contributed by atoms with van der Waals surface area (Å²) in [6.45, 7) is 4.52. The van der Waals surface area contributed by atoms with Crippen molar-refractivity contribution in [3.8, 4) is 0 Å². The minimum atomic E-state index is -0.890. The number of aromatic nitrogens is 2. The molecule has 0 spiro atoms. The molecule has 0 saturated heterocycles. The molecule has 1 aliphatic rings. The average Bonchev–Trinajstić information content (AvgIpc) is 2.55. The Hall–Kier alpha value is -0.765. The van der Waals surface area contributed by atoms with Crippen LogP contribution in [0.4, 0.5) is 0 Å². The van der Waals surface area contributed by atoms with Gasteiger partial charge in [0.05, 0.1) is 13.5 Å². The SMILES string of the molecule is [B]Cc1c(C(C)(C)O)nc2n1CCCC2. The standard InChI is InChI=1S/C11H17BN2O/c1-11(2,15)10-8(7-12)14-6-4-3-5-9(14)13-10/h15H,3-7H2,1-2H3. The van der Waals surface area contributed by atoms with E-state index in [2.05, 4.69) is 9.55 Å². The van der Waals surface area contributed by atoms with Crippen molar-refractivity contribution in [3.05, 3.63) is 17.2 Å². The number of imidazole rings is 1. The zero-order valence-corrected chi connectivity index (χ0v) is 9.45. The Balaban J connectivity index is 2.51. The summed E-state index contributed by atoms with van der Waals surface area (Å²) in [7, 11) is 5.74. The van der Waals surface area contributed by atoms with Gasteiger partial charge < -0.3 is 9.67 Å². The van der Waals surface area contributed by atoms with Crippen LogP contribution in [0.1, 0.15) is 43.9 Å². The summed E-state index contributed by atoms with van der Waals surface area (Å²) >= 11 is 0. The van der Waals surface area contributed by atoms with Crippen molar-refractivity contribution in [2.75, 3.05) is 0 Å². The lowest BCUT2D eigenvalue weighted by atomic mass is 9.94. The molecule has 0 saturated carbocycles. The number of aryl methyl sites for hydroxylation is 1. The zero-order chi connectivity index (χ0) is 11.1. The molecule has 0 atom stereocenters. The Kier molecular flexibility index (Phi) is 2.63. The second-order valence-corrected chi connectivity index (χ2v) is 4.70. The first-order chi connectivity index (χ1) is 7.04. The van der Waals surface area contributed by atoms with E-state index in [-0.39, 0.29) is 0 Å². The van der Waals surface area contributed by atoms with Crippen LogP contribution in [-0.4, -0.2) is 22.5 Å². The Morgan fingerprint density at radius 1 is 1.47 bits per heavy atom. The van der Waals surface area contributed by atoms with Crippen molar-refractivity contribution in [3.63, 3.8) is 0 Å². The lowest BCUT2D eigenvalue weighted by Gasteiger charge is -2.18. The quantitative estimate of drug-likeness (QED) is 0.733. The number of aliphatic hydroxyl groups is 1. The highest BCUT2D eigenvalue weighted by Crippen LogP contribution is 2.27. The maximum Gasteiger partial charge on any atom is 0.109 e. The molecule has 80 valence electrons. The fourth-order valence-corrected chi connectivity index (χ4v) is 2.24. The maximum atomic E-state index is 10.0. The van der Waals surface area contributed by atoms with Crippen molar-refractivity contribution in [1.82, 2.24) is 9.55 Å². The van der Waals surface area contributed by atoms with E-state index < -0.39 is 5.60 Å². The van der Waals surface area contributed by atoms with Gasteiger partial charge in [-0.2, -0.15) is 0 Å². The first-order valence-corrected chi connectivity index (χ1v) is 5.55. The highest BCUT2D eigenvalue weighted by Gasteiger charge is 2.27. The molecule has 1 N–H and O–H groups in total. The molecule has 1 aliphatic heterocycles. The highest BCUT2D eigenvalue weighted by atomic mass is 16.3. The van der Waals surface area contributed by atoms with Gasteiger partial charge in [-0.05, 0) is 33.0 Å². The zero-order valence-electron chi connectivity index (χ0n) is 9.45. The molecule has 0 aromatic carbocycles. The Labute approximate surface area is 91.9 Å². The van der Waals surface area contributed by atoms with Gasteiger partial charge in [-0.15, -0.1) is 0 Å². The largest absolute Gasteiger partial charge is 0.384 e. The number of fused-ring (bicyclic) bond motifs is 1. The molecule has 1 aromatic heterocycles. The topological polar surface area (TPSA) is 38.1 Å². The third-order valence-corrected chi connectivity index (χ3v) is 2.96. The summed E-state index contributed by atoms with van der Waals surface area (Å²) < 4.78 is 2.18. The molecule has 4 heteroatoms. The van der Waals surface area contributed by atoms with Crippen LogP contribution in [0, 0.1) is 0 Å². The molecule has 2 heterocycles. The summed E-state index contributed by atoms with van der Waals surface area (Å²) in [5.41, 5.74) is 0.859. The van der Waals surface area contributed by atoms with Crippen LogP contribution in [0.25, 0.3) is 0 Å². The summed E-state index contributed by atoms with van der Waals surface area (Å²) in [6.07, 6.45) is 3.82. The fraction of sp³-hybridized carbons (Fsp3) is 0.727. The Bertz CT molecular complexity index is 365. The lowest BCUT2D eigenvalue weighted by molar-refractivity contribution is 0.0732. The highest BCUT2D eigenvalue weighted by molar-refractivity contribution is 6.08. The van der Waals surface area contributed by atoms with E-state index >= 15 is 0 Å². The lowest BCUT2D eigenvalue weighted by Crippen LogP contribution is -2.19. The van der Waals surface area contributed by atoms with Gasteiger partial charge in [0.25, 0.3) is 0 Å². The van der Waals surface area contributed by atoms with Crippen molar-refractivity contribution >= 4 is 7.85 Å². The van der Waals surface area contributed by atoms with Gasteiger partial charge in [0.1, 0.15) is 11.4 Å². The molecule has 1 aromatic rings. The van der Waals surface area contributed by atoms with Gasteiger partial charge in [-0.3, -0.25) is 0 Å². The molecule has 2 rings (SSSR count). The van der Waals surface area contributed by atoms with Crippen LogP contribution in [0.15, 0.2) is 0 Å². The van der Waals surface area contributed by atoms with Gasteiger partial charge in [0.2, 0.25) is 0 Å². The number of nitrogens with zero attached hydrogens (tertiary/aromatic N) is 2. The van der Waals surface area contributed by atoms with Crippen LogP contribution in [0.5, 0.6) is 0 Å². The molecule has 0 unspecified atom stereocenters. The van der Waals surface area contributed by atoms with Gasteiger partial charge in [0, 0.05) is 18.7 Å². The molecule has 0 fully saturated rings. The number of hydrogen-bond acceptors (Lipinski definition) is 2. The van der Waals surface area contributed by atoms with E-state index in [1.165, 1.54) is 12.8 Å². The Morgan fingerprint density at radius 2 is 2.20 bits per heavy atom. The normalized spacial score (nSPS) is 16.5. The van der Waals surface area contributed by atoms with Crippen molar-refractivity contribution < 1.29 is 5.11 Å². The van der Waals surface area contributed by atoms with E-state index in [0.29, 0.717) is 6.32 Å². The van der Waals surface area contributed by atoms with Crippen molar-refractivity contribution in [1.29, 1.82) is 0 Å². The Morgan fingerprint density at radius 3 is 2.80 bits per heavy atom. The van der Waals surface area contributed by atoms with Gasteiger partial charge in [-0.1, -0.05) is 0 Å². The van der Waals surface area contributed by atoms with Crippen molar-refractivity contribution in [2.24, 2.45) is 0 Å². The number of hydrogen-bond donors (Lipinski definition) is 1. The molecule has 0 amide bonds. The predicted molar refractivity (Wildman–Crippen MR) is 59.9 cm³/mol. The predicted octanol–water partition coefficient (Wildman–Crippen LogP) is 1.12. The molecule has 0 bridgehead atoms. The van der Waals surface area contributed by atoms with Gasteiger partial charge in [0.15, 0.2) is 0 Å². The maximum absolute atomic E-state index is 10.0. The van der Waals surface area contributed by atoms with Crippen LogP contribution in [0.3, 0.4) is 0 Å². The molecule has 0 aliphatic carbocycles. The second-order valence-electron chi connectivity index (χ2n) is 4.70. The fourth-order valence-electron chi connectivity index (χ4n) is 2.24. The summed E-state index contributed by atoms with van der Waals surface area (Å²) in [5.74, 6) is 1.08. The monoisotopic (exact) mass is 204 g/mol. The molecular formula is C11H17BN2O. The third-order valence-electron chi connectivity index (χ3n) is 2.96. The minimum absolute atomic E-state index is 0.451. The molecule has 15 heavy (non-hydrogen) atoms. The van der Waals surface area contributed by atoms with E-state index in [1.54, 1.807) is 13.8 Å². The van der Waals surface area contributed by atoms with Gasteiger partial charge in [-0.25, -0.2) is 4.98 Å². The smallest absolute Gasteiger partial charge is 0.109 e. The van der Waals surface area contributed by atoms with E-state index in [0.717, 1.165) is 30.2 Å². The van der Waals surface area contributed by atoms with E-state index in [9.17, 15) is 5.11 Å². The average molecular weight is 204 g/mol. The first kappa shape index (κ1) is 10.7. The third kappa shape index (κ3) is 1.83. The minimum Gasteiger partial charge on any atom is -0.384 e. The first-order valence-electron chi connectivity index (χ1n) is 5.55. The molecule has 3 nitrogen and oxygen atoms in total. The summed E-state index contributed by atoms with van der Waals surface area (Å²) in [5, 5.41) is 10.0. The van der Waals surface area contributed by atoms with Crippen LogP contribution >= 0.6 is 0 Å². The van der Waals surface area contributed by atoms with Crippen LogP contribution in [-0.2, 0) is 24.9 Å². The summed E-state index contributed by atoms with van der Waals surface area (Å²) in [4.78, 5) is 4.53. The molecular weight excluding hydrogens is 187 g/mol. The van der Waals surface area contributed by atoms with Crippen molar-refractivity contribution in [2.45, 2.75) is 51.6 Å². The summed E-state index contributed by atoms with van der Waals surface area (Å²) in [6, 6.07) is 0. The van der Waals surface area contributed by atoms with Crippen LogP contribution < -0.4 is 0 Å². The number of rotatable bonds is 2. The molecule has 2 radical (unpaired) electrons. The van der Waals surface area contributed by atoms with Gasteiger partial charge >= 0.3 is 0 Å². The van der Waals surface area contributed by atoms with Crippen LogP contribution in [0.2, 0.25) is 0 Å².